The van der Waals surface area contributed by atoms with E-state index in [4.69, 9.17) is 23.9 Å². The number of ether oxygens (including phenoxy) is 4. The molecule has 7 heteroatoms. The van der Waals surface area contributed by atoms with Gasteiger partial charge in [0.15, 0.2) is 0 Å². The SMILES string of the molecule is CCOC(=O)C1CCNC(c2ccc(-c3ccc(OCc4ccccc4)nc3OCc3ccccc3)c(OC)c2)C1. The molecule has 1 fully saturated rings. The van der Waals surface area contributed by atoms with E-state index in [-0.39, 0.29) is 17.9 Å². The van der Waals surface area contributed by atoms with E-state index in [1.807, 2.05) is 91.9 Å². The number of nitrogens with one attached hydrogen (secondary N) is 1. The second-order valence-electron chi connectivity index (χ2n) is 9.99. The molecule has 7 nitrogen and oxygen atoms in total. The van der Waals surface area contributed by atoms with E-state index in [9.17, 15) is 4.79 Å². The molecule has 0 aliphatic carbocycles. The Bertz CT molecular complexity index is 1430. The minimum absolute atomic E-state index is 0.0294. The van der Waals surface area contributed by atoms with Gasteiger partial charge in [-0.05, 0) is 55.1 Å². The lowest BCUT2D eigenvalue weighted by molar-refractivity contribution is -0.149. The molecule has 0 saturated carbocycles. The standard InChI is InChI=1S/C34H36N2O5/c1-3-39-34(37)27-18-19-35-30(20-27)26-14-15-28(31(21-26)38-2)29-16-17-32(40-22-24-10-6-4-7-11-24)36-33(29)41-23-25-12-8-5-9-13-25/h4-17,21,27,30,35H,3,18-20,22-23H2,1-2H3. The lowest BCUT2D eigenvalue weighted by atomic mass is 9.88. The largest absolute Gasteiger partial charge is 0.496 e. The third-order valence-electron chi connectivity index (χ3n) is 7.22. The Morgan fingerprint density at radius 1 is 0.878 bits per heavy atom. The van der Waals surface area contributed by atoms with Crippen LogP contribution in [-0.2, 0) is 22.7 Å². The number of hydrogen-bond donors (Lipinski definition) is 1. The van der Waals surface area contributed by atoms with E-state index in [1.165, 1.54) is 0 Å². The molecule has 1 aliphatic heterocycles. The second kappa shape index (κ2) is 13.8. The molecule has 1 saturated heterocycles. The minimum atomic E-state index is -0.122. The number of rotatable bonds is 11. The molecular weight excluding hydrogens is 516 g/mol. The van der Waals surface area contributed by atoms with Crippen LogP contribution in [0.5, 0.6) is 17.5 Å². The molecule has 3 aromatic carbocycles. The minimum Gasteiger partial charge on any atom is -0.496 e. The number of aromatic nitrogens is 1. The fourth-order valence-electron chi connectivity index (χ4n) is 5.07. The molecule has 0 radical (unpaired) electrons. The zero-order valence-corrected chi connectivity index (χ0v) is 23.5. The van der Waals surface area contributed by atoms with E-state index in [0.29, 0.717) is 43.8 Å². The molecule has 2 heterocycles. The highest BCUT2D eigenvalue weighted by atomic mass is 16.5. The highest BCUT2D eigenvalue weighted by Gasteiger charge is 2.29. The van der Waals surface area contributed by atoms with E-state index in [0.717, 1.165) is 40.8 Å². The van der Waals surface area contributed by atoms with Crippen LogP contribution in [0.2, 0.25) is 0 Å². The maximum atomic E-state index is 12.4. The van der Waals surface area contributed by atoms with E-state index < -0.39 is 0 Å². The van der Waals surface area contributed by atoms with Crippen molar-refractivity contribution in [3.63, 3.8) is 0 Å². The van der Waals surface area contributed by atoms with Crippen LogP contribution in [0.1, 0.15) is 42.5 Å². The molecular formula is C34H36N2O5. The van der Waals surface area contributed by atoms with Crippen molar-refractivity contribution in [1.29, 1.82) is 0 Å². The summed E-state index contributed by atoms with van der Waals surface area (Å²) in [5, 5.41) is 3.54. The fourth-order valence-corrected chi connectivity index (χ4v) is 5.07. The van der Waals surface area contributed by atoms with Gasteiger partial charge in [0.05, 0.1) is 19.6 Å². The van der Waals surface area contributed by atoms with Gasteiger partial charge < -0.3 is 24.3 Å². The number of hydrogen-bond acceptors (Lipinski definition) is 7. The smallest absolute Gasteiger partial charge is 0.309 e. The Morgan fingerprint density at radius 3 is 2.24 bits per heavy atom. The molecule has 4 aromatic rings. The lowest BCUT2D eigenvalue weighted by Crippen LogP contribution is -2.35. The zero-order chi connectivity index (χ0) is 28.4. The maximum Gasteiger partial charge on any atom is 0.309 e. The first kappa shape index (κ1) is 28.2. The number of carbonyl (C=O) groups is 1. The van der Waals surface area contributed by atoms with Crippen molar-refractivity contribution >= 4 is 5.97 Å². The highest BCUT2D eigenvalue weighted by molar-refractivity contribution is 5.75. The van der Waals surface area contributed by atoms with E-state index >= 15 is 0 Å². The van der Waals surface area contributed by atoms with Crippen molar-refractivity contribution < 1.29 is 23.7 Å². The van der Waals surface area contributed by atoms with Crippen molar-refractivity contribution in [2.45, 2.75) is 39.0 Å². The molecule has 1 aromatic heterocycles. The second-order valence-corrected chi connectivity index (χ2v) is 9.99. The lowest BCUT2D eigenvalue weighted by Gasteiger charge is -2.29. The number of carbonyl (C=O) groups excluding carboxylic acids is 1. The van der Waals surface area contributed by atoms with Crippen molar-refractivity contribution in [2.24, 2.45) is 5.92 Å². The van der Waals surface area contributed by atoms with Crippen molar-refractivity contribution in [3.05, 3.63) is 108 Å². The van der Waals surface area contributed by atoms with Crippen LogP contribution in [0.3, 0.4) is 0 Å². The number of nitrogens with zero attached hydrogens (tertiary/aromatic N) is 1. The van der Waals surface area contributed by atoms with Crippen LogP contribution >= 0.6 is 0 Å². The number of benzene rings is 3. The Balaban J connectivity index is 1.41. The van der Waals surface area contributed by atoms with Gasteiger partial charge in [-0.1, -0.05) is 72.8 Å². The fraction of sp³-hybridized carbons (Fsp3) is 0.294. The summed E-state index contributed by atoms with van der Waals surface area (Å²) in [6.45, 7) is 3.77. The van der Waals surface area contributed by atoms with E-state index in [2.05, 4.69) is 11.4 Å². The average molecular weight is 553 g/mol. The monoisotopic (exact) mass is 552 g/mol. The topological polar surface area (TPSA) is 78.9 Å². The number of pyridine rings is 1. The Labute approximate surface area is 241 Å². The summed E-state index contributed by atoms with van der Waals surface area (Å²) in [7, 11) is 1.66. The predicted molar refractivity (Wildman–Crippen MR) is 158 cm³/mol. The van der Waals surface area contributed by atoms with Gasteiger partial charge in [-0.3, -0.25) is 4.79 Å². The molecule has 5 rings (SSSR count). The number of esters is 1. The normalized spacial score (nSPS) is 16.5. The summed E-state index contributed by atoms with van der Waals surface area (Å²) in [5.74, 6) is 1.41. The molecule has 0 spiro atoms. The van der Waals surface area contributed by atoms with Crippen molar-refractivity contribution in [1.82, 2.24) is 10.3 Å². The molecule has 0 amide bonds. The summed E-state index contributed by atoms with van der Waals surface area (Å²) in [5.41, 5.74) is 4.82. The van der Waals surface area contributed by atoms with Crippen molar-refractivity contribution in [2.75, 3.05) is 20.3 Å². The molecule has 41 heavy (non-hydrogen) atoms. The summed E-state index contributed by atoms with van der Waals surface area (Å²) < 4.78 is 23.4. The Kier molecular flexibility index (Phi) is 9.49. The van der Waals surface area contributed by atoms with Gasteiger partial charge in [0.2, 0.25) is 11.8 Å². The summed E-state index contributed by atoms with van der Waals surface area (Å²) in [6.07, 6.45) is 1.46. The van der Waals surface area contributed by atoms with Crippen LogP contribution in [0.25, 0.3) is 11.1 Å². The molecule has 2 unspecified atom stereocenters. The van der Waals surface area contributed by atoms with Crippen molar-refractivity contribution in [3.8, 4) is 28.6 Å². The maximum absolute atomic E-state index is 12.4. The van der Waals surface area contributed by atoms with Gasteiger partial charge >= 0.3 is 5.97 Å². The molecule has 2 atom stereocenters. The highest BCUT2D eigenvalue weighted by Crippen LogP contribution is 2.39. The van der Waals surface area contributed by atoms with Crippen LogP contribution in [0.4, 0.5) is 0 Å². The first-order valence-electron chi connectivity index (χ1n) is 14.1. The molecule has 0 bridgehead atoms. The first-order valence-corrected chi connectivity index (χ1v) is 14.1. The number of piperidine rings is 1. The third-order valence-corrected chi connectivity index (χ3v) is 7.22. The van der Waals surface area contributed by atoms with Gasteiger partial charge in [0.25, 0.3) is 0 Å². The predicted octanol–water partition coefficient (Wildman–Crippen LogP) is 6.52. The quantitative estimate of drug-likeness (QED) is 0.212. The Hall–Kier alpha value is -4.36. The first-order chi connectivity index (χ1) is 20.1. The zero-order valence-electron chi connectivity index (χ0n) is 23.5. The van der Waals surface area contributed by atoms with Gasteiger partial charge in [0.1, 0.15) is 19.0 Å². The van der Waals surface area contributed by atoms with Gasteiger partial charge in [-0.15, -0.1) is 0 Å². The van der Waals surface area contributed by atoms with Crippen LogP contribution in [0, 0.1) is 5.92 Å². The van der Waals surface area contributed by atoms with Crippen LogP contribution in [-0.4, -0.2) is 31.2 Å². The third kappa shape index (κ3) is 7.24. The average Bonchev–Trinajstić information content (AvgIpc) is 3.03. The molecule has 212 valence electrons. The van der Waals surface area contributed by atoms with Crippen LogP contribution < -0.4 is 19.5 Å². The number of methoxy groups -OCH3 is 1. The Morgan fingerprint density at radius 2 is 1.56 bits per heavy atom. The van der Waals surface area contributed by atoms with Crippen LogP contribution in [0.15, 0.2) is 91.0 Å². The summed E-state index contributed by atoms with van der Waals surface area (Å²) in [4.78, 5) is 17.1. The summed E-state index contributed by atoms with van der Waals surface area (Å²) >= 11 is 0. The van der Waals surface area contributed by atoms with Gasteiger partial charge in [-0.2, -0.15) is 4.98 Å². The van der Waals surface area contributed by atoms with Gasteiger partial charge in [0, 0.05) is 23.2 Å². The van der Waals surface area contributed by atoms with E-state index in [1.54, 1.807) is 7.11 Å². The van der Waals surface area contributed by atoms with Gasteiger partial charge in [-0.25, -0.2) is 0 Å². The molecule has 1 aliphatic rings. The summed E-state index contributed by atoms with van der Waals surface area (Å²) in [6, 6.07) is 30.0. The molecule has 1 N–H and O–H groups in total.